The minimum absolute atomic E-state index is 0.153. The molecule has 0 aliphatic heterocycles. The average molecular weight is 283 g/mol. The fraction of sp³-hybridized carbons (Fsp3) is 0.278. The number of carbonyl (C=O) groups excluding carboxylic acids is 1. The third-order valence-corrected chi connectivity index (χ3v) is 3.55. The summed E-state index contributed by atoms with van der Waals surface area (Å²) < 4.78 is 5.77. The summed E-state index contributed by atoms with van der Waals surface area (Å²) in [6.07, 6.45) is -0.549. The molecule has 0 spiro atoms. The van der Waals surface area contributed by atoms with Gasteiger partial charge < -0.3 is 10.1 Å². The number of carbonyl (C=O) groups is 1. The van der Waals surface area contributed by atoms with Gasteiger partial charge in [0.2, 0.25) is 0 Å². The van der Waals surface area contributed by atoms with Crippen LogP contribution in [0.1, 0.15) is 23.6 Å². The minimum atomic E-state index is -0.549. The van der Waals surface area contributed by atoms with Crippen LogP contribution in [-0.4, -0.2) is 12.0 Å². The number of rotatable bonds is 4. The van der Waals surface area contributed by atoms with Gasteiger partial charge in [-0.1, -0.05) is 29.8 Å². The van der Waals surface area contributed by atoms with Gasteiger partial charge in [0, 0.05) is 5.69 Å². The van der Waals surface area contributed by atoms with E-state index < -0.39 is 6.10 Å². The smallest absolute Gasteiger partial charge is 0.265 e. The van der Waals surface area contributed by atoms with Gasteiger partial charge in [0.15, 0.2) is 6.10 Å². The first-order valence-corrected chi connectivity index (χ1v) is 7.08. The highest BCUT2D eigenvalue weighted by Crippen LogP contribution is 2.22. The van der Waals surface area contributed by atoms with Crippen molar-refractivity contribution in [1.82, 2.24) is 0 Å². The predicted octanol–water partition coefficient (Wildman–Crippen LogP) is 4.02. The Hall–Kier alpha value is -2.29. The molecule has 0 aromatic heterocycles. The Morgan fingerprint density at radius 2 is 1.71 bits per heavy atom. The second kappa shape index (κ2) is 6.44. The van der Waals surface area contributed by atoms with Gasteiger partial charge in [0.25, 0.3) is 5.91 Å². The Balaban J connectivity index is 2.02. The molecular formula is C18H21NO2. The Kier molecular flexibility index (Phi) is 4.63. The molecule has 0 fully saturated rings. The van der Waals surface area contributed by atoms with Crippen LogP contribution in [0.15, 0.2) is 42.5 Å². The van der Waals surface area contributed by atoms with Gasteiger partial charge in [0.1, 0.15) is 5.75 Å². The van der Waals surface area contributed by atoms with Crippen molar-refractivity contribution in [2.45, 2.75) is 33.8 Å². The Morgan fingerprint density at radius 3 is 2.38 bits per heavy atom. The van der Waals surface area contributed by atoms with Crippen LogP contribution in [0, 0.1) is 20.8 Å². The zero-order valence-corrected chi connectivity index (χ0v) is 12.9. The maximum atomic E-state index is 12.2. The van der Waals surface area contributed by atoms with E-state index in [9.17, 15) is 4.79 Å². The van der Waals surface area contributed by atoms with Gasteiger partial charge >= 0.3 is 0 Å². The number of hydrogen-bond acceptors (Lipinski definition) is 2. The van der Waals surface area contributed by atoms with Crippen LogP contribution in [0.25, 0.3) is 0 Å². The molecule has 0 unspecified atom stereocenters. The zero-order valence-electron chi connectivity index (χ0n) is 12.9. The number of anilines is 1. The van der Waals surface area contributed by atoms with Crippen LogP contribution in [0.5, 0.6) is 5.75 Å². The van der Waals surface area contributed by atoms with Crippen molar-refractivity contribution < 1.29 is 9.53 Å². The van der Waals surface area contributed by atoms with Crippen molar-refractivity contribution >= 4 is 11.6 Å². The first-order chi connectivity index (χ1) is 9.97. The van der Waals surface area contributed by atoms with Gasteiger partial charge in [-0.2, -0.15) is 0 Å². The van der Waals surface area contributed by atoms with Crippen LogP contribution in [0.2, 0.25) is 0 Å². The van der Waals surface area contributed by atoms with E-state index in [2.05, 4.69) is 5.32 Å². The molecule has 0 saturated carbocycles. The molecule has 3 nitrogen and oxygen atoms in total. The second-order valence-corrected chi connectivity index (χ2v) is 5.31. The Labute approximate surface area is 126 Å². The molecule has 0 aliphatic rings. The van der Waals surface area contributed by atoms with Gasteiger partial charge in [-0.25, -0.2) is 0 Å². The van der Waals surface area contributed by atoms with Crippen LogP contribution in [-0.2, 0) is 4.79 Å². The fourth-order valence-corrected chi connectivity index (χ4v) is 1.98. The molecule has 1 atom stereocenters. The summed E-state index contributed by atoms with van der Waals surface area (Å²) in [5.41, 5.74) is 4.15. The summed E-state index contributed by atoms with van der Waals surface area (Å²) in [6.45, 7) is 7.79. The molecule has 0 radical (unpaired) electrons. The summed E-state index contributed by atoms with van der Waals surface area (Å²) in [5.74, 6) is 0.598. The summed E-state index contributed by atoms with van der Waals surface area (Å²) in [6, 6.07) is 13.5. The van der Waals surface area contributed by atoms with Gasteiger partial charge in [-0.15, -0.1) is 0 Å². The molecule has 21 heavy (non-hydrogen) atoms. The number of hydrogen-bond donors (Lipinski definition) is 1. The SMILES string of the molecule is Cc1ccc(NC(=O)[C@@H](C)Oc2cccc(C)c2C)cc1. The summed E-state index contributed by atoms with van der Waals surface area (Å²) in [5, 5.41) is 2.86. The molecule has 2 aromatic carbocycles. The highest BCUT2D eigenvalue weighted by atomic mass is 16.5. The van der Waals surface area contributed by atoms with E-state index in [1.165, 1.54) is 0 Å². The Bertz CT molecular complexity index is 632. The highest BCUT2D eigenvalue weighted by Gasteiger charge is 2.16. The second-order valence-electron chi connectivity index (χ2n) is 5.31. The number of ether oxygens (including phenoxy) is 1. The third-order valence-electron chi connectivity index (χ3n) is 3.55. The van der Waals surface area contributed by atoms with E-state index in [-0.39, 0.29) is 5.91 Å². The lowest BCUT2D eigenvalue weighted by Crippen LogP contribution is -2.30. The lowest BCUT2D eigenvalue weighted by molar-refractivity contribution is -0.122. The molecule has 0 heterocycles. The topological polar surface area (TPSA) is 38.3 Å². The van der Waals surface area contributed by atoms with Crippen LogP contribution in [0.4, 0.5) is 5.69 Å². The van der Waals surface area contributed by atoms with E-state index in [1.807, 2.05) is 63.2 Å². The van der Waals surface area contributed by atoms with Gasteiger partial charge in [-0.05, 0) is 57.0 Å². The summed E-state index contributed by atoms with van der Waals surface area (Å²) in [4.78, 5) is 12.2. The maximum Gasteiger partial charge on any atom is 0.265 e. The molecule has 1 N–H and O–H groups in total. The van der Waals surface area contributed by atoms with E-state index in [0.717, 1.165) is 28.1 Å². The zero-order chi connectivity index (χ0) is 15.4. The molecule has 0 saturated heterocycles. The fourth-order valence-electron chi connectivity index (χ4n) is 1.98. The van der Waals surface area contributed by atoms with Crippen molar-refractivity contribution in [2.75, 3.05) is 5.32 Å². The lowest BCUT2D eigenvalue weighted by Gasteiger charge is -2.17. The summed E-state index contributed by atoms with van der Waals surface area (Å²) in [7, 11) is 0. The van der Waals surface area contributed by atoms with E-state index in [0.29, 0.717) is 0 Å². The maximum absolute atomic E-state index is 12.2. The quantitative estimate of drug-likeness (QED) is 0.920. The molecule has 3 heteroatoms. The first-order valence-electron chi connectivity index (χ1n) is 7.08. The van der Waals surface area contributed by atoms with Crippen molar-refractivity contribution in [1.29, 1.82) is 0 Å². The normalized spacial score (nSPS) is 11.8. The van der Waals surface area contributed by atoms with E-state index in [1.54, 1.807) is 6.92 Å². The molecule has 2 rings (SSSR count). The van der Waals surface area contributed by atoms with Crippen LogP contribution < -0.4 is 10.1 Å². The van der Waals surface area contributed by atoms with Crippen LogP contribution in [0.3, 0.4) is 0 Å². The molecule has 2 aromatic rings. The van der Waals surface area contributed by atoms with E-state index >= 15 is 0 Å². The lowest BCUT2D eigenvalue weighted by atomic mass is 10.1. The third kappa shape index (κ3) is 3.85. The summed E-state index contributed by atoms with van der Waals surface area (Å²) >= 11 is 0. The molecule has 1 amide bonds. The monoisotopic (exact) mass is 283 g/mol. The Morgan fingerprint density at radius 1 is 1.05 bits per heavy atom. The minimum Gasteiger partial charge on any atom is -0.481 e. The molecule has 0 bridgehead atoms. The van der Waals surface area contributed by atoms with Crippen molar-refractivity contribution in [3.05, 3.63) is 59.2 Å². The van der Waals surface area contributed by atoms with Gasteiger partial charge in [-0.3, -0.25) is 4.79 Å². The number of amides is 1. The molecule has 110 valence electrons. The number of nitrogens with one attached hydrogen (secondary N) is 1. The predicted molar refractivity (Wildman–Crippen MR) is 85.8 cm³/mol. The number of aryl methyl sites for hydroxylation is 2. The average Bonchev–Trinajstić information content (AvgIpc) is 2.46. The largest absolute Gasteiger partial charge is 0.481 e. The molecule has 0 aliphatic carbocycles. The van der Waals surface area contributed by atoms with Gasteiger partial charge in [0.05, 0.1) is 0 Å². The van der Waals surface area contributed by atoms with Crippen LogP contribution >= 0.6 is 0 Å². The van der Waals surface area contributed by atoms with Crippen molar-refractivity contribution in [3.8, 4) is 5.75 Å². The van der Waals surface area contributed by atoms with Crippen molar-refractivity contribution in [2.24, 2.45) is 0 Å². The highest BCUT2D eigenvalue weighted by molar-refractivity contribution is 5.94. The van der Waals surface area contributed by atoms with Crippen molar-refractivity contribution in [3.63, 3.8) is 0 Å². The standard InChI is InChI=1S/C18H21NO2/c1-12-8-10-16(11-9-12)19-18(20)15(4)21-17-7-5-6-13(2)14(17)3/h5-11,15H,1-4H3,(H,19,20)/t15-/m1/s1. The van der Waals surface area contributed by atoms with E-state index in [4.69, 9.17) is 4.74 Å². The molecular weight excluding hydrogens is 262 g/mol. The number of benzene rings is 2. The first kappa shape index (κ1) is 15.1.